The highest BCUT2D eigenvalue weighted by atomic mass is 32.1. The second kappa shape index (κ2) is 4.77. The molecule has 0 radical (unpaired) electrons. The fourth-order valence-corrected chi connectivity index (χ4v) is 1.51. The second-order valence-corrected chi connectivity index (χ2v) is 3.80. The van der Waals surface area contributed by atoms with Crippen LogP contribution in [-0.2, 0) is 4.74 Å². The molecule has 0 amide bonds. The Morgan fingerprint density at radius 1 is 1.50 bits per heavy atom. The van der Waals surface area contributed by atoms with Crippen LogP contribution in [0.1, 0.15) is 26.2 Å². The Morgan fingerprint density at radius 3 is 2.58 bits per heavy atom. The zero-order valence-corrected chi connectivity index (χ0v) is 8.69. The van der Waals surface area contributed by atoms with Gasteiger partial charge in [0.15, 0.2) is 5.05 Å². The molecule has 0 bridgehead atoms. The van der Waals surface area contributed by atoms with Crippen molar-refractivity contribution in [3.05, 3.63) is 0 Å². The summed E-state index contributed by atoms with van der Waals surface area (Å²) in [5, 5.41) is 0.768. The van der Waals surface area contributed by atoms with Gasteiger partial charge >= 0.3 is 0 Å². The number of hydrogen-bond acceptors (Lipinski definition) is 3. The van der Waals surface area contributed by atoms with Crippen LogP contribution in [-0.4, -0.2) is 36.2 Å². The Labute approximate surface area is 79.9 Å². The molecule has 1 saturated heterocycles. The van der Waals surface area contributed by atoms with Gasteiger partial charge in [-0.05, 0) is 32.1 Å². The zero-order valence-electron chi connectivity index (χ0n) is 7.88. The van der Waals surface area contributed by atoms with Gasteiger partial charge in [-0.2, -0.15) is 0 Å². The molecular formula is C9H17NOS. The van der Waals surface area contributed by atoms with Gasteiger partial charge in [0.1, 0.15) is 6.10 Å². The summed E-state index contributed by atoms with van der Waals surface area (Å²) in [6.07, 6.45) is 3.49. The highest BCUT2D eigenvalue weighted by molar-refractivity contribution is 7.80. The van der Waals surface area contributed by atoms with Crippen molar-refractivity contribution in [2.75, 3.05) is 20.1 Å². The number of hydrogen-bond donors (Lipinski definition) is 0. The lowest BCUT2D eigenvalue weighted by molar-refractivity contribution is 0.106. The number of likely N-dealkylation sites (tertiary alicyclic amines) is 1. The summed E-state index contributed by atoms with van der Waals surface area (Å²) in [5.74, 6) is 0. The maximum absolute atomic E-state index is 5.59. The van der Waals surface area contributed by atoms with Crippen molar-refractivity contribution in [1.82, 2.24) is 4.90 Å². The van der Waals surface area contributed by atoms with Gasteiger partial charge in [-0.1, -0.05) is 6.92 Å². The standard InChI is InChI=1S/C9H17NOS/c1-3-9(12)11-8-4-6-10(2)7-5-8/h8H,3-7H2,1-2H3. The molecule has 0 unspecified atom stereocenters. The van der Waals surface area contributed by atoms with Crippen molar-refractivity contribution in [2.45, 2.75) is 32.3 Å². The number of ether oxygens (including phenoxy) is 1. The molecule has 3 heteroatoms. The average Bonchev–Trinajstić information content (AvgIpc) is 2.09. The first-order valence-electron chi connectivity index (χ1n) is 4.60. The van der Waals surface area contributed by atoms with E-state index in [2.05, 4.69) is 11.9 Å². The van der Waals surface area contributed by atoms with E-state index in [0.717, 1.165) is 37.4 Å². The van der Waals surface area contributed by atoms with Gasteiger partial charge in [-0.25, -0.2) is 0 Å². The zero-order chi connectivity index (χ0) is 8.97. The van der Waals surface area contributed by atoms with E-state index in [1.807, 2.05) is 6.92 Å². The lowest BCUT2D eigenvalue weighted by Gasteiger charge is -2.29. The van der Waals surface area contributed by atoms with Crippen LogP contribution in [0.4, 0.5) is 0 Å². The number of piperidine rings is 1. The van der Waals surface area contributed by atoms with E-state index in [0.29, 0.717) is 6.10 Å². The molecule has 0 saturated carbocycles. The molecule has 0 atom stereocenters. The Hall–Kier alpha value is -0.150. The molecule has 70 valence electrons. The molecule has 0 aliphatic carbocycles. The molecule has 2 nitrogen and oxygen atoms in total. The largest absolute Gasteiger partial charge is 0.484 e. The van der Waals surface area contributed by atoms with Gasteiger partial charge < -0.3 is 9.64 Å². The average molecular weight is 187 g/mol. The molecule has 1 rings (SSSR count). The van der Waals surface area contributed by atoms with Gasteiger partial charge in [0, 0.05) is 19.5 Å². The molecule has 0 N–H and O–H groups in total. The van der Waals surface area contributed by atoms with Crippen molar-refractivity contribution in [1.29, 1.82) is 0 Å². The summed E-state index contributed by atoms with van der Waals surface area (Å²) in [6, 6.07) is 0. The maximum atomic E-state index is 5.59. The molecule has 12 heavy (non-hydrogen) atoms. The summed E-state index contributed by atoms with van der Waals surface area (Å²) >= 11 is 5.03. The second-order valence-electron chi connectivity index (χ2n) is 3.35. The van der Waals surface area contributed by atoms with E-state index >= 15 is 0 Å². The molecule has 0 spiro atoms. The summed E-state index contributed by atoms with van der Waals surface area (Å²) in [5.41, 5.74) is 0. The first-order chi connectivity index (χ1) is 5.72. The topological polar surface area (TPSA) is 12.5 Å². The van der Waals surface area contributed by atoms with Crippen LogP contribution < -0.4 is 0 Å². The third-order valence-electron chi connectivity index (χ3n) is 2.25. The van der Waals surface area contributed by atoms with E-state index in [4.69, 9.17) is 17.0 Å². The summed E-state index contributed by atoms with van der Waals surface area (Å²) < 4.78 is 5.59. The fourth-order valence-electron chi connectivity index (χ4n) is 1.37. The predicted octanol–water partition coefficient (Wildman–Crippen LogP) is 1.83. The van der Waals surface area contributed by atoms with Crippen molar-refractivity contribution in [2.24, 2.45) is 0 Å². The van der Waals surface area contributed by atoms with Gasteiger partial charge in [0.2, 0.25) is 0 Å². The molecule has 1 aliphatic rings. The van der Waals surface area contributed by atoms with E-state index in [1.165, 1.54) is 0 Å². The van der Waals surface area contributed by atoms with E-state index in [-0.39, 0.29) is 0 Å². The first kappa shape index (κ1) is 9.93. The minimum absolute atomic E-state index is 0.383. The van der Waals surface area contributed by atoms with Crippen molar-refractivity contribution in [3.63, 3.8) is 0 Å². The van der Waals surface area contributed by atoms with E-state index in [9.17, 15) is 0 Å². The molecule has 0 aromatic rings. The minimum atomic E-state index is 0.383. The SMILES string of the molecule is CCC(=S)OC1CCN(C)CC1. The molecular weight excluding hydrogens is 170 g/mol. The lowest BCUT2D eigenvalue weighted by atomic mass is 10.1. The van der Waals surface area contributed by atoms with Crippen LogP contribution >= 0.6 is 12.2 Å². The van der Waals surface area contributed by atoms with Crippen LogP contribution in [0, 0.1) is 0 Å². The van der Waals surface area contributed by atoms with Crippen LogP contribution in [0.3, 0.4) is 0 Å². The minimum Gasteiger partial charge on any atom is -0.484 e. The van der Waals surface area contributed by atoms with Crippen molar-refractivity contribution in [3.8, 4) is 0 Å². The van der Waals surface area contributed by atoms with Crippen molar-refractivity contribution >= 4 is 17.3 Å². The van der Waals surface area contributed by atoms with E-state index in [1.54, 1.807) is 0 Å². The molecule has 0 aromatic carbocycles. The Bertz CT molecular complexity index is 153. The maximum Gasteiger partial charge on any atom is 0.159 e. The molecule has 1 fully saturated rings. The number of thiocarbonyl (C=S) groups is 1. The highest BCUT2D eigenvalue weighted by Crippen LogP contribution is 2.13. The van der Waals surface area contributed by atoms with Crippen LogP contribution in [0.25, 0.3) is 0 Å². The number of rotatable bonds is 2. The Morgan fingerprint density at radius 2 is 2.08 bits per heavy atom. The first-order valence-corrected chi connectivity index (χ1v) is 5.01. The third kappa shape index (κ3) is 3.07. The Balaban J connectivity index is 2.21. The molecule has 1 heterocycles. The highest BCUT2D eigenvalue weighted by Gasteiger charge is 2.17. The van der Waals surface area contributed by atoms with Gasteiger partial charge in [-0.15, -0.1) is 0 Å². The molecule has 1 aliphatic heterocycles. The predicted molar refractivity (Wildman–Crippen MR) is 54.5 cm³/mol. The summed E-state index contributed by atoms with van der Waals surface area (Å²) in [7, 11) is 2.15. The normalized spacial score (nSPS) is 20.8. The lowest BCUT2D eigenvalue weighted by Crippen LogP contribution is -2.34. The quantitative estimate of drug-likeness (QED) is 0.612. The van der Waals surface area contributed by atoms with E-state index < -0.39 is 0 Å². The summed E-state index contributed by atoms with van der Waals surface area (Å²) in [6.45, 7) is 4.31. The summed E-state index contributed by atoms with van der Waals surface area (Å²) in [4.78, 5) is 2.33. The van der Waals surface area contributed by atoms with Gasteiger partial charge in [0.25, 0.3) is 0 Å². The smallest absolute Gasteiger partial charge is 0.159 e. The van der Waals surface area contributed by atoms with Crippen LogP contribution in [0.5, 0.6) is 0 Å². The van der Waals surface area contributed by atoms with Crippen LogP contribution in [0.2, 0.25) is 0 Å². The number of nitrogens with zero attached hydrogens (tertiary/aromatic N) is 1. The fraction of sp³-hybridized carbons (Fsp3) is 0.889. The van der Waals surface area contributed by atoms with Crippen molar-refractivity contribution < 1.29 is 4.74 Å². The molecule has 0 aromatic heterocycles. The Kier molecular flexibility index (Phi) is 3.95. The van der Waals surface area contributed by atoms with Gasteiger partial charge in [-0.3, -0.25) is 0 Å². The monoisotopic (exact) mass is 187 g/mol. The van der Waals surface area contributed by atoms with Crippen LogP contribution in [0.15, 0.2) is 0 Å². The van der Waals surface area contributed by atoms with Gasteiger partial charge in [0.05, 0.1) is 0 Å². The third-order valence-corrected chi connectivity index (χ3v) is 2.64.